The molecule has 2 aromatic rings. The third-order valence-electron chi connectivity index (χ3n) is 3.89. The number of fused-ring (bicyclic) bond motifs is 1. The number of hydrogen-bond acceptors (Lipinski definition) is 4. The summed E-state index contributed by atoms with van der Waals surface area (Å²) in [6, 6.07) is 12.2. The zero-order valence-corrected chi connectivity index (χ0v) is 14.8. The summed E-state index contributed by atoms with van der Waals surface area (Å²) in [5.74, 6) is 1.87. The van der Waals surface area contributed by atoms with Crippen LogP contribution >= 0.6 is 11.8 Å². The summed E-state index contributed by atoms with van der Waals surface area (Å²) in [7, 11) is 0. The molecule has 25 heavy (non-hydrogen) atoms. The van der Waals surface area contributed by atoms with E-state index in [1.165, 1.54) is 17.8 Å². The molecular formula is C19H20FNO3S. The van der Waals surface area contributed by atoms with Gasteiger partial charge in [-0.3, -0.25) is 4.79 Å². The van der Waals surface area contributed by atoms with Crippen LogP contribution in [0.25, 0.3) is 0 Å². The summed E-state index contributed by atoms with van der Waals surface area (Å²) in [5, 5.41) is 2.95. The number of thioether (sulfide) groups is 1. The topological polar surface area (TPSA) is 47.6 Å². The number of ether oxygens (including phenoxy) is 2. The van der Waals surface area contributed by atoms with Crippen molar-refractivity contribution in [2.75, 3.05) is 19.0 Å². The Morgan fingerprint density at radius 1 is 1.20 bits per heavy atom. The first-order valence-corrected chi connectivity index (χ1v) is 9.29. The first kappa shape index (κ1) is 17.6. The second kappa shape index (κ2) is 8.25. The van der Waals surface area contributed by atoms with Crippen LogP contribution in [0.1, 0.15) is 24.1 Å². The molecule has 3 rings (SSSR count). The summed E-state index contributed by atoms with van der Waals surface area (Å²) >= 11 is 1.39. The van der Waals surface area contributed by atoms with Crippen LogP contribution < -0.4 is 14.8 Å². The van der Waals surface area contributed by atoms with E-state index in [2.05, 4.69) is 5.32 Å². The standard InChI is InChI=1S/C19H20FNO3S/c1-13(14-6-7-17-18(10-14)24-9-8-23-17)21-19(22)12-25-11-15-4-2-3-5-16(15)20/h2-7,10,13H,8-9,11-12H2,1H3,(H,21,22). The van der Waals surface area contributed by atoms with Gasteiger partial charge in [-0.2, -0.15) is 0 Å². The molecule has 0 bridgehead atoms. The number of amides is 1. The van der Waals surface area contributed by atoms with Gasteiger partial charge in [0.2, 0.25) is 5.91 Å². The summed E-state index contributed by atoms with van der Waals surface area (Å²) in [4.78, 5) is 12.1. The fourth-order valence-electron chi connectivity index (χ4n) is 2.56. The number of carbonyl (C=O) groups excluding carboxylic acids is 1. The second-order valence-electron chi connectivity index (χ2n) is 5.78. The van der Waals surface area contributed by atoms with E-state index >= 15 is 0 Å². The monoisotopic (exact) mass is 361 g/mol. The van der Waals surface area contributed by atoms with E-state index < -0.39 is 0 Å². The molecule has 1 aliphatic heterocycles. The zero-order valence-electron chi connectivity index (χ0n) is 14.0. The van der Waals surface area contributed by atoms with Gasteiger partial charge in [-0.25, -0.2) is 4.39 Å². The molecule has 4 nitrogen and oxygen atoms in total. The van der Waals surface area contributed by atoms with Crippen molar-refractivity contribution in [3.8, 4) is 11.5 Å². The maximum atomic E-state index is 13.5. The first-order valence-electron chi connectivity index (χ1n) is 8.13. The van der Waals surface area contributed by atoms with E-state index in [1.807, 2.05) is 25.1 Å². The van der Waals surface area contributed by atoms with Crippen molar-refractivity contribution in [2.45, 2.75) is 18.7 Å². The lowest BCUT2D eigenvalue weighted by atomic mass is 10.1. The van der Waals surface area contributed by atoms with E-state index in [9.17, 15) is 9.18 Å². The summed E-state index contributed by atoms with van der Waals surface area (Å²) in [6.07, 6.45) is 0. The molecular weight excluding hydrogens is 341 g/mol. The fourth-order valence-corrected chi connectivity index (χ4v) is 3.39. The van der Waals surface area contributed by atoms with Crippen LogP contribution in [0.5, 0.6) is 11.5 Å². The Morgan fingerprint density at radius 2 is 1.96 bits per heavy atom. The molecule has 1 aliphatic rings. The predicted octanol–water partition coefficient (Wildman–Crippen LogP) is 3.71. The van der Waals surface area contributed by atoms with Gasteiger partial charge in [0.25, 0.3) is 0 Å². The van der Waals surface area contributed by atoms with Gasteiger partial charge in [0.15, 0.2) is 11.5 Å². The highest BCUT2D eigenvalue weighted by molar-refractivity contribution is 7.99. The van der Waals surface area contributed by atoms with Crippen molar-refractivity contribution in [3.63, 3.8) is 0 Å². The van der Waals surface area contributed by atoms with Crippen LogP contribution in [-0.2, 0) is 10.5 Å². The lowest BCUT2D eigenvalue weighted by molar-refractivity contribution is -0.119. The molecule has 0 saturated carbocycles. The molecule has 0 spiro atoms. The van der Waals surface area contributed by atoms with E-state index in [0.717, 1.165) is 11.3 Å². The van der Waals surface area contributed by atoms with Crippen molar-refractivity contribution in [1.82, 2.24) is 5.32 Å². The first-order chi connectivity index (χ1) is 12.1. The fraction of sp³-hybridized carbons (Fsp3) is 0.316. The Hall–Kier alpha value is -2.21. The molecule has 6 heteroatoms. The average Bonchev–Trinajstić information content (AvgIpc) is 2.63. The predicted molar refractivity (Wildman–Crippen MR) is 96.6 cm³/mol. The number of rotatable bonds is 6. The van der Waals surface area contributed by atoms with E-state index in [4.69, 9.17) is 9.47 Å². The van der Waals surface area contributed by atoms with Gasteiger partial charge >= 0.3 is 0 Å². The molecule has 1 N–H and O–H groups in total. The SMILES string of the molecule is CC(NC(=O)CSCc1ccccc1F)c1ccc2c(c1)OCCO2. The smallest absolute Gasteiger partial charge is 0.230 e. The number of carbonyl (C=O) groups is 1. The van der Waals surface area contributed by atoms with Crippen LogP contribution in [0.4, 0.5) is 4.39 Å². The molecule has 2 aromatic carbocycles. The summed E-state index contributed by atoms with van der Waals surface area (Å²) in [6.45, 7) is 3.01. The second-order valence-corrected chi connectivity index (χ2v) is 6.76. The van der Waals surface area contributed by atoms with Crippen LogP contribution in [-0.4, -0.2) is 24.9 Å². The van der Waals surface area contributed by atoms with E-state index in [0.29, 0.717) is 30.3 Å². The molecule has 1 unspecified atom stereocenters. The van der Waals surface area contributed by atoms with Gasteiger partial charge < -0.3 is 14.8 Å². The van der Waals surface area contributed by atoms with Crippen molar-refractivity contribution >= 4 is 17.7 Å². The molecule has 1 heterocycles. The maximum absolute atomic E-state index is 13.5. The Balaban J connectivity index is 1.50. The van der Waals surface area contributed by atoms with Crippen molar-refractivity contribution in [1.29, 1.82) is 0 Å². The number of halogens is 1. The van der Waals surface area contributed by atoms with Gasteiger partial charge in [0.05, 0.1) is 11.8 Å². The Kier molecular flexibility index (Phi) is 5.81. The largest absolute Gasteiger partial charge is 0.486 e. The number of benzene rings is 2. The number of nitrogens with one attached hydrogen (secondary N) is 1. The van der Waals surface area contributed by atoms with E-state index in [1.54, 1.807) is 18.2 Å². The maximum Gasteiger partial charge on any atom is 0.230 e. The van der Waals surface area contributed by atoms with Crippen molar-refractivity contribution in [3.05, 3.63) is 59.4 Å². The van der Waals surface area contributed by atoms with Crippen molar-refractivity contribution in [2.24, 2.45) is 0 Å². The zero-order chi connectivity index (χ0) is 17.6. The van der Waals surface area contributed by atoms with Gasteiger partial charge in [-0.15, -0.1) is 11.8 Å². The van der Waals surface area contributed by atoms with Gasteiger partial charge in [-0.1, -0.05) is 24.3 Å². The third kappa shape index (κ3) is 4.66. The molecule has 0 aromatic heterocycles. The average molecular weight is 361 g/mol. The Bertz CT molecular complexity index is 753. The van der Waals surface area contributed by atoms with Gasteiger partial charge in [-0.05, 0) is 36.2 Å². The van der Waals surface area contributed by atoms with Crippen LogP contribution in [0, 0.1) is 5.82 Å². The lowest BCUT2D eigenvalue weighted by Gasteiger charge is -2.21. The van der Waals surface area contributed by atoms with Gasteiger partial charge in [0, 0.05) is 5.75 Å². The minimum Gasteiger partial charge on any atom is -0.486 e. The molecule has 132 valence electrons. The molecule has 0 radical (unpaired) electrons. The number of hydrogen-bond donors (Lipinski definition) is 1. The molecule has 0 fully saturated rings. The van der Waals surface area contributed by atoms with Crippen molar-refractivity contribution < 1.29 is 18.7 Å². The molecule has 0 saturated heterocycles. The summed E-state index contributed by atoms with van der Waals surface area (Å²) < 4.78 is 24.6. The highest BCUT2D eigenvalue weighted by Crippen LogP contribution is 2.32. The van der Waals surface area contributed by atoms with E-state index in [-0.39, 0.29) is 23.5 Å². The molecule has 0 aliphatic carbocycles. The Morgan fingerprint density at radius 3 is 2.76 bits per heavy atom. The Labute approximate surface area is 150 Å². The lowest BCUT2D eigenvalue weighted by Crippen LogP contribution is -2.28. The highest BCUT2D eigenvalue weighted by Gasteiger charge is 2.16. The summed E-state index contributed by atoms with van der Waals surface area (Å²) in [5.41, 5.74) is 1.57. The highest BCUT2D eigenvalue weighted by atomic mass is 32.2. The molecule has 1 atom stereocenters. The van der Waals surface area contributed by atoms with Gasteiger partial charge in [0.1, 0.15) is 19.0 Å². The van der Waals surface area contributed by atoms with Crippen LogP contribution in [0.2, 0.25) is 0 Å². The van der Waals surface area contributed by atoms with Crippen LogP contribution in [0.3, 0.4) is 0 Å². The normalized spacial score (nSPS) is 14.0. The minimum atomic E-state index is -0.236. The quantitative estimate of drug-likeness (QED) is 0.852. The molecule has 1 amide bonds. The minimum absolute atomic E-state index is 0.0799. The third-order valence-corrected chi connectivity index (χ3v) is 4.87. The van der Waals surface area contributed by atoms with Crippen LogP contribution in [0.15, 0.2) is 42.5 Å².